The third-order valence-electron chi connectivity index (χ3n) is 4.77. The molecule has 1 fully saturated rings. The molecule has 2 amide bonds. The highest BCUT2D eigenvalue weighted by atomic mass is 16.4. The fraction of sp³-hybridized carbons (Fsp3) is 0.438. The van der Waals surface area contributed by atoms with E-state index in [4.69, 9.17) is 0 Å². The number of carbonyl (C=O) groups is 3. The van der Waals surface area contributed by atoms with Crippen molar-refractivity contribution in [3.8, 4) is 0 Å². The van der Waals surface area contributed by atoms with E-state index in [0.717, 1.165) is 0 Å². The zero-order valence-electron chi connectivity index (χ0n) is 11.8. The largest absolute Gasteiger partial charge is 0.481 e. The van der Waals surface area contributed by atoms with Crippen LogP contribution in [0.15, 0.2) is 24.3 Å². The van der Waals surface area contributed by atoms with Gasteiger partial charge in [0, 0.05) is 6.04 Å². The lowest BCUT2D eigenvalue weighted by atomic mass is 9.73. The molecule has 110 valence electrons. The highest BCUT2D eigenvalue weighted by Gasteiger charge is 2.44. The molecule has 0 aromatic heterocycles. The van der Waals surface area contributed by atoms with Gasteiger partial charge in [0.15, 0.2) is 0 Å². The van der Waals surface area contributed by atoms with Crippen LogP contribution in [0, 0.1) is 5.41 Å². The molecule has 1 aliphatic carbocycles. The van der Waals surface area contributed by atoms with Crippen LogP contribution in [0.25, 0.3) is 0 Å². The molecule has 1 heterocycles. The van der Waals surface area contributed by atoms with E-state index in [1.54, 1.807) is 31.2 Å². The number of carboxylic acids is 1. The number of fused-ring (bicyclic) bond motifs is 1. The molecule has 1 N–H and O–H groups in total. The van der Waals surface area contributed by atoms with Crippen LogP contribution in [0.2, 0.25) is 0 Å². The first-order valence-electron chi connectivity index (χ1n) is 7.14. The summed E-state index contributed by atoms with van der Waals surface area (Å²) >= 11 is 0. The Bertz CT molecular complexity index is 594. The van der Waals surface area contributed by atoms with Crippen molar-refractivity contribution in [1.29, 1.82) is 0 Å². The molecule has 5 nitrogen and oxygen atoms in total. The molecule has 0 unspecified atom stereocenters. The number of carboxylic acid groups (broad SMARTS) is 1. The highest BCUT2D eigenvalue weighted by molar-refractivity contribution is 6.21. The second-order valence-corrected chi connectivity index (χ2v) is 6.12. The number of rotatable bonds is 2. The van der Waals surface area contributed by atoms with Gasteiger partial charge in [-0.3, -0.25) is 19.3 Å². The van der Waals surface area contributed by atoms with Crippen molar-refractivity contribution >= 4 is 17.8 Å². The van der Waals surface area contributed by atoms with Gasteiger partial charge in [-0.15, -0.1) is 0 Å². The predicted molar refractivity (Wildman–Crippen MR) is 74.9 cm³/mol. The number of aliphatic carboxylic acids is 1. The quantitative estimate of drug-likeness (QED) is 0.847. The standard InChI is InChI=1S/C16H17NO4/c1-16(15(20)21)8-6-10(7-9-16)17-13(18)11-4-2-3-5-12(11)14(17)19/h2-5,10H,6-9H2,1H3,(H,20,21). The number of amides is 2. The molecular formula is C16H17NO4. The third kappa shape index (κ3) is 2.04. The zero-order chi connectivity index (χ0) is 15.2. The summed E-state index contributed by atoms with van der Waals surface area (Å²) in [6.45, 7) is 1.73. The lowest BCUT2D eigenvalue weighted by molar-refractivity contribution is -0.150. The normalized spacial score (nSPS) is 28.6. The molecule has 2 aliphatic rings. The summed E-state index contributed by atoms with van der Waals surface area (Å²) < 4.78 is 0. The van der Waals surface area contributed by atoms with Crippen LogP contribution < -0.4 is 0 Å². The van der Waals surface area contributed by atoms with E-state index in [0.29, 0.717) is 36.8 Å². The van der Waals surface area contributed by atoms with Gasteiger partial charge in [-0.2, -0.15) is 0 Å². The SMILES string of the molecule is CC1(C(=O)O)CCC(N2C(=O)c3ccccc3C2=O)CC1. The second-order valence-electron chi connectivity index (χ2n) is 6.12. The number of nitrogens with zero attached hydrogens (tertiary/aromatic N) is 1. The van der Waals surface area contributed by atoms with Crippen molar-refractivity contribution in [2.24, 2.45) is 5.41 Å². The van der Waals surface area contributed by atoms with Crippen LogP contribution in [0.1, 0.15) is 53.3 Å². The van der Waals surface area contributed by atoms with Gasteiger partial charge < -0.3 is 5.11 Å². The Kier molecular flexibility index (Phi) is 3.08. The van der Waals surface area contributed by atoms with Crippen LogP contribution in [-0.2, 0) is 4.79 Å². The Labute approximate surface area is 122 Å². The van der Waals surface area contributed by atoms with Gasteiger partial charge in [0.1, 0.15) is 0 Å². The Hall–Kier alpha value is -2.17. The van der Waals surface area contributed by atoms with Crippen LogP contribution in [0.4, 0.5) is 0 Å². The van der Waals surface area contributed by atoms with Crippen molar-refractivity contribution in [1.82, 2.24) is 4.90 Å². The van der Waals surface area contributed by atoms with E-state index in [9.17, 15) is 19.5 Å². The summed E-state index contributed by atoms with van der Waals surface area (Å²) in [5, 5.41) is 9.25. The maximum Gasteiger partial charge on any atom is 0.309 e. The number of benzene rings is 1. The molecule has 1 aliphatic heterocycles. The zero-order valence-corrected chi connectivity index (χ0v) is 11.8. The molecule has 0 spiro atoms. The number of imide groups is 1. The fourth-order valence-electron chi connectivity index (χ4n) is 3.25. The molecule has 5 heteroatoms. The first-order chi connectivity index (χ1) is 9.94. The molecule has 21 heavy (non-hydrogen) atoms. The van der Waals surface area contributed by atoms with Crippen LogP contribution in [0.5, 0.6) is 0 Å². The molecule has 3 rings (SSSR count). The van der Waals surface area contributed by atoms with E-state index in [2.05, 4.69) is 0 Å². The average Bonchev–Trinajstić information content (AvgIpc) is 2.73. The summed E-state index contributed by atoms with van der Waals surface area (Å²) in [5.74, 6) is -1.30. The van der Waals surface area contributed by atoms with Gasteiger partial charge in [-0.25, -0.2) is 0 Å². The van der Waals surface area contributed by atoms with Crippen molar-refractivity contribution in [2.75, 3.05) is 0 Å². The molecule has 1 aromatic carbocycles. The molecule has 0 radical (unpaired) electrons. The minimum Gasteiger partial charge on any atom is -0.481 e. The lowest BCUT2D eigenvalue weighted by Crippen LogP contribution is -2.45. The van der Waals surface area contributed by atoms with Gasteiger partial charge in [0.05, 0.1) is 16.5 Å². The summed E-state index contributed by atoms with van der Waals surface area (Å²) in [6.07, 6.45) is 2.07. The molecule has 0 bridgehead atoms. The molecule has 1 saturated carbocycles. The first kappa shape index (κ1) is 13.8. The molecule has 0 saturated heterocycles. The van der Waals surface area contributed by atoms with Crippen LogP contribution in [-0.4, -0.2) is 33.8 Å². The highest BCUT2D eigenvalue weighted by Crippen LogP contribution is 2.39. The monoisotopic (exact) mass is 287 g/mol. The summed E-state index contributed by atoms with van der Waals surface area (Å²) in [6, 6.07) is 6.63. The van der Waals surface area contributed by atoms with E-state index >= 15 is 0 Å². The third-order valence-corrected chi connectivity index (χ3v) is 4.77. The van der Waals surface area contributed by atoms with Gasteiger partial charge in [-0.05, 0) is 44.7 Å². The summed E-state index contributed by atoms with van der Waals surface area (Å²) in [4.78, 5) is 37.4. The number of hydrogen-bond donors (Lipinski definition) is 1. The lowest BCUT2D eigenvalue weighted by Gasteiger charge is -2.37. The molecule has 1 aromatic rings. The van der Waals surface area contributed by atoms with Gasteiger partial charge in [0.2, 0.25) is 0 Å². The maximum atomic E-state index is 12.4. The summed E-state index contributed by atoms with van der Waals surface area (Å²) in [7, 11) is 0. The smallest absolute Gasteiger partial charge is 0.309 e. The Balaban J connectivity index is 1.80. The molecular weight excluding hydrogens is 270 g/mol. The van der Waals surface area contributed by atoms with E-state index in [1.807, 2.05) is 0 Å². The fourth-order valence-corrected chi connectivity index (χ4v) is 3.25. The minimum absolute atomic E-state index is 0.190. The Morgan fingerprint density at radius 2 is 1.62 bits per heavy atom. The second kappa shape index (κ2) is 4.69. The van der Waals surface area contributed by atoms with E-state index < -0.39 is 11.4 Å². The predicted octanol–water partition coefficient (Wildman–Crippen LogP) is 2.32. The van der Waals surface area contributed by atoms with Crippen LogP contribution in [0.3, 0.4) is 0 Å². The topological polar surface area (TPSA) is 74.7 Å². The maximum absolute atomic E-state index is 12.4. The molecule has 0 atom stereocenters. The van der Waals surface area contributed by atoms with Gasteiger partial charge >= 0.3 is 5.97 Å². The minimum atomic E-state index is -0.802. The van der Waals surface area contributed by atoms with Crippen molar-refractivity contribution in [3.05, 3.63) is 35.4 Å². The average molecular weight is 287 g/mol. The van der Waals surface area contributed by atoms with Crippen molar-refractivity contribution < 1.29 is 19.5 Å². The number of carbonyl (C=O) groups excluding carboxylic acids is 2. The Morgan fingerprint density at radius 3 is 2.05 bits per heavy atom. The van der Waals surface area contributed by atoms with Crippen LogP contribution >= 0.6 is 0 Å². The van der Waals surface area contributed by atoms with E-state index in [1.165, 1.54) is 4.90 Å². The van der Waals surface area contributed by atoms with Gasteiger partial charge in [-0.1, -0.05) is 12.1 Å². The van der Waals surface area contributed by atoms with Crippen molar-refractivity contribution in [3.63, 3.8) is 0 Å². The first-order valence-corrected chi connectivity index (χ1v) is 7.14. The van der Waals surface area contributed by atoms with Crippen molar-refractivity contribution in [2.45, 2.75) is 38.6 Å². The van der Waals surface area contributed by atoms with Gasteiger partial charge in [0.25, 0.3) is 11.8 Å². The van der Waals surface area contributed by atoms with E-state index in [-0.39, 0.29) is 17.9 Å². The Morgan fingerprint density at radius 1 is 1.14 bits per heavy atom. The summed E-state index contributed by atoms with van der Waals surface area (Å²) in [5.41, 5.74) is 0.165. The number of hydrogen-bond acceptors (Lipinski definition) is 3.